The predicted octanol–water partition coefficient (Wildman–Crippen LogP) is 2.66. The van der Waals surface area contributed by atoms with Crippen LogP contribution in [-0.2, 0) is 11.2 Å². The van der Waals surface area contributed by atoms with Crippen molar-refractivity contribution in [1.29, 1.82) is 0 Å². The molecule has 0 bridgehead atoms. The Morgan fingerprint density at radius 1 is 1.35 bits per heavy atom. The number of carbonyl (C=O) groups is 1. The smallest absolute Gasteiger partial charge is 0.219 e. The molecule has 0 N–H and O–H groups in total. The fraction of sp³-hybridized carbons (Fsp3) is 0.571. The fourth-order valence-electron chi connectivity index (χ4n) is 1.79. The summed E-state index contributed by atoms with van der Waals surface area (Å²) in [5, 5.41) is 0. The summed E-state index contributed by atoms with van der Waals surface area (Å²) in [6, 6.07) is 3.99. The average Bonchev–Trinajstić information content (AvgIpc) is 2.34. The van der Waals surface area contributed by atoms with Gasteiger partial charge in [-0.25, -0.2) is 0 Å². The number of hydrogen-bond acceptors (Lipinski definition) is 2. The molecule has 1 heterocycles. The summed E-state index contributed by atoms with van der Waals surface area (Å²) in [4.78, 5) is 17.5. The fourth-order valence-corrected chi connectivity index (χ4v) is 1.79. The van der Waals surface area contributed by atoms with E-state index in [0.29, 0.717) is 0 Å². The van der Waals surface area contributed by atoms with Crippen molar-refractivity contribution in [1.82, 2.24) is 9.88 Å². The molecule has 1 aromatic rings. The molecule has 0 aliphatic carbocycles. The monoisotopic (exact) mass is 234 g/mol. The molecule has 0 atom stereocenters. The van der Waals surface area contributed by atoms with Gasteiger partial charge in [0.1, 0.15) is 0 Å². The van der Waals surface area contributed by atoms with Crippen LogP contribution < -0.4 is 0 Å². The first kappa shape index (κ1) is 13.7. The number of rotatable bonds is 7. The molecule has 3 nitrogen and oxygen atoms in total. The third-order valence-corrected chi connectivity index (χ3v) is 2.87. The Morgan fingerprint density at radius 2 is 2.18 bits per heavy atom. The van der Waals surface area contributed by atoms with Gasteiger partial charge >= 0.3 is 0 Å². The molecule has 1 rings (SSSR count). The molecule has 0 fully saturated rings. The minimum Gasteiger partial charge on any atom is -0.343 e. The van der Waals surface area contributed by atoms with Crippen LogP contribution in [0.2, 0.25) is 0 Å². The lowest BCUT2D eigenvalue weighted by Gasteiger charge is -2.20. The van der Waals surface area contributed by atoms with E-state index in [-0.39, 0.29) is 5.91 Å². The van der Waals surface area contributed by atoms with Crippen LogP contribution in [0.15, 0.2) is 24.5 Å². The van der Waals surface area contributed by atoms with Gasteiger partial charge < -0.3 is 4.90 Å². The molecule has 17 heavy (non-hydrogen) atoms. The van der Waals surface area contributed by atoms with Crippen molar-refractivity contribution in [2.24, 2.45) is 0 Å². The van der Waals surface area contributed by atoms with Crippen LogP contribution in [-0.4, -0.2) is 28.9 Å². The van der Waals surface area contributed by atoms with E-state index in [2.05, 4.69) is 18.0 Å². The van der Waals surface area contributed by atoms with Crippen molar-refractivity contribution in [3.05, 3.63) is 30.1 Å². The average molecular weight is 234 g/mol. The molecule has 0 aliphatic heterocycles. The Kier molecular flexibility index (Phi) is 6.30. The van der Waals surface area contributed by atoms with Crippen LogP contribution in [0.4, 0.5) is 0 Å². The van der Waals surface area contributed by atoms with E-state index in [0.717, 1.165) is 25.9 Å². The van der Waals surface area contributed by atoms with Crippen molar-refractivity contribution in [3.63, 3.8) is 0 Å². The Labute approximate surface area is 104 Å². The number of aromatic nitrogens is 1. The van der Waals surface area contributed by atoms with Crippen LogP contribution >= 0.6 is 0 Å². The molecular weight excluding hydrogens is 212 g/mol. The standard InChI is InChI=1S/C14H22N2O/c1-3-4-5-10-16(13(2)17)11-8-14-7-6-9-15-12-14/h6-7,9,12H,3-5,8,10-11H2,1-2H3. The number of amides is 1. The quantitative estimate of drug-likeness (QED) is 0.680. The van der Waals surface area contributed by atoms with Gasteiger partial charge in [-0.1, -0.05) is 25.8 Å². The van der Waals surface area contributed by atoms with Crippen LogP contribution in [0.1, 0.15) is 38.7 Å². The molecule has 0 spiro atoms. The normalized spacial score (nSPS) is 10.2. The molecule has 1 aromatic heterocycles. The zero-order valence-corrected chi connectivity index (χ0v) is 10.9. The molecule has 0 aromatic carbocycles. The minimum atomic E-state index is 0.171. The maximum absolute atomic E-state index is 11.5. The highest BCUT2D eigenvalue weighted by Crippen LogP contribution is 2.03. The molecule has 0 radical (unpaired) electrons. The zero-order valence-electron chi connectivity index (χ0n) is 10.9. The topological polar surface area (TPSA) is 33.2 Å². The summed E-state index contributed by atoms with van der Waals surface area (Å²) in [5.74, 6) is 0.171. The van der Waals surface area contributed by atoms with Gasteiger partial charge in [0.25, 0.3) is 0 Å². The molecule has 1 amide bonds. The first-order valence-corrected chi connectivity index (χ1v) is 6.38. The van der Waals surface area contributed by atoms with Crippen LogP contribution in [0.25, 0.3) is 0 Å². The van der Waals surface area contributed by atoms with Gasteiger partial charge in [-0.3, -0.25) is 9.78 Å². The first-order valence-electron chi connectivity index (χ1n) is 6.38. The van der Waals surface area contributed by atoms with E-state index in [9.17, 15) is 4.79 Å². The number of nitrogens with zero attached hydrogens (tertiary/aromatic N) is 2. The SMILES string of the molecule is CCCCCN(CCc1cccnc1)C(C)=O. The number of hydrogen-bond donors (Lipinski definition) is 0. The summed E-state index contributed by atoms with van der Waals surface area (Å²) in [6.45, 7) is 5.50. The predicted molar refractivity (Wildman–Crippen MR) is 69.7 cm³/mol. The lowest BCUT2D eigenvalue weighted by atomic mass is 10.2. The molecule has 0 saturated carbocycles. The lowest BCUT2D eigenvalue weighted by molar-refractivity contribution is -0.128. The van der Waals surface area contributed by atoms with Gasteiger partial charge in [0.15, 0.2) is 0 Å². The molecule has 0 saturated heterocycles. The molecule has 0 unspecified atom stereocenters. The number of pyridine rings is 1. The van der Waals surface area contributed by atoms with Crippen molar-refractivity contribution < 1.29 is 4.79 Å². The molecular formula is C14H22N2O. The maximum atomic E-state index is 11.5. The lowest BCUT2D eigenvalue weighted by Crippen LogP contribution is -2.31. The van der Waals surface area contributed by atoms with Gasteiger partial charge in [-0.15, -0.1) is 0 Å². The van der Waals surface area contributed by atoms with E-state index < -0.39 is 0 Å². The third-order valence-electron chi connectivity index (χ3n) is 2.87. The second kappa shape index (κ2) is 7.82. The molecule has 94 valence electrons. The highest BCUT2D eigenvalue weighted by atomic mass is 16.2. The summed E-state index contributed by atoms with van der Waals surface area (Å²) >= 11 is 0. The van der Waals surface area contributed by atoms with Crippen LogP contribution in [0, 0.1) is 0 Å². The summed E-state index contributed by atoms with van der Waals surface area (Å²) in [6.07, 6.45) is 8.01. The number of unbranched alkanes of at least 4 members (excludes halogenated alkanes) is 2. The van der Waals surface area contributed by atoms with Gasteiger partial charge in [0.2, 0.25) is 5.91 Å². The first-order chi connectivity index (χ1) is 8.24. The maximum Gasteiger partial charge on any atom is 0.219 e. The summed E-state index contributed by atoms with van der Waals surface area (Å²) < 4.78 is 0. The Bertz CT molecular complexity index is 324. The molecule has 0 aliphatic rings. The Balaban J connectivity index is 2.36. The van der Waals surface area contributed by atoms with E-state index in [1.807, 2.05) is 17.2 Å². The second-order valence-electron chi connectivity index (χ2n) is 4.32. The van der Waals surface area contributed by atoms with E-state index in [1.54, 1.807) is 13.1 Å². The van der Waals surface area contributed by atoms with Crippen molar-refractivity contribution in [2.45, 2.75) is 39.5 Å². The van der Waals surface area contributed by atoms with Gasteiger partial charge in [-0.2, -0.15) is 0 Å². The van der Waals surface area contributed by atoms with Crippen molar-refractivity contribution >= 4 is 5.91 Å². The largest absolute Gasteiger partial charge is 0.343 e. The number of carbonyl (C=O) groups excluding carboxylic acids is 1. The van der Waals surface area contributed by atoms with Crippen molar-refractivity contribution in [2.75, 3.05) is 13.1 Å². The van der Waals surface area contributed by atoms with E-state index >= 15 is 0 Å². The van der Waals surface area contributed by atoms with Gasteiger partial charge in [0.05, 0.1) is 0 Å². The minimum absolute atomic E-state index is 0.171. The summed E-state index contributed by atoms with van der Waals surface area (Å²) in [7, 11) is 0. The zero-order chi connectivity index (χ0) is 12.5. The second-order valence-corrected chi connectivity index (χ2v) is 4.32. The van der Waals surface area contributed by atoms with Crippen LogP contribution in [0.3, 0.4) is 0 Å². The molecule has 3 heteroatoms. The Hall–Kier alpha value is -1.38. The third kappa shape index (κ3) is 5.48. The van der Waals surface area contributed by atoms with Gasteiger partial charge in [0, 0.05) is 32.4 Å². The van der Waals surface area contributed by atoms with Crippen molar-refractivity contribution in [3.8, 4) is 0 Å². The summed E-state index contributed by atoms with van der Waals surface area (Å²) in [5.41, 5.74) is 1.19. The van der Waals surface area contributed by atoms with E-state index in [1.165, 1.54) is 18.4 Å². The van der Waals surface area contributed by atoms with E-state index in [4.69, 9.17) is 0 Å². The Morgan fingerprint density at radius 3 is 2.76 bits per heavy atom. The van der Waals surface area contributed by atoms with Crippen LogP contribution in [0.5, 0.6) is 0 Å². The highest BCUT2D eigenvalue weighted by Gasteiger charge is 2.07. The highest BCUT2D eigenvalue weighted by molar-refractivity contribution is 5.73. The van der Waals surface area contributed by atoms with Gasteiger partial charge in [-0.05, 0) is 24.5 Å².